The molecular weight excluding hydrogens is 395 g/mol. The molecule has 1 saturated heterocycles. The molecule has 3 aromatic rings. The van der Waals surface area contributed by atoms with E-state index < -0.39 is 0 Å². The van der Waals surface area contributed by atoms with E-state index in [0.717, 1.165) is 25.9 Å². The Morgan fingerprint density at radius 1 is 1.33 bits per heavy atom. The van der Waals surface area contributed by atoms with E-state index >= 15 is 0 Å². The third-order valence-electron chi connectivity index (χ3n) is 4.32. The maximum absolute atomic E-state index is 14.6. The molecule has 0 radical (unpaired) electrons. The van der Waals surface area contributed by atoms with Gasteiger partial charge in [0.25, 0.3) is 0 Å². The lowest BCUT2D eigenvalue weighted by Crippen LogP contribution is -2.26. The number of rotatable bonds is 3. The van der Waals surface area contributed by atoms with Crippen LogP contribution in [0.1, 0.15) is 35.1 Å². The Labute approximate surface area is 150 Å². The molecular formula is C16H16BrFN4OS. The van der Waals surface area contributed by atoms with E-state index in [2.05, 4.69) is 30.9 Å². The van der Waals surface area contributed by atoms with Crippen LogP contribution in [0, 0.1) is 12.7 Å². The average molecular weight is 411 g/mol. The molecule has 0 saturated carbocycles. The molecule has 1 aliphatic heterocycles. The van der Waals surface area contributed by atoms with Crippen molar-refractivity contribution in [3.05, 3.63) is 44.8 Å². The molecule has 0 unspecified atom stereocenters. The number of aromatic nitrogens is 3. The maximum Gasteiger partial charge on any atom is 0.230 e. The Morgan fingerprint density at radius 2 is 2.08 bits per heavy atom. The van der Waals surface area contributed by atoms with Crippen LogP contribution < -0.4 is 0 Å². The number of thiazole rings is 1. The topological polar surface area (TPSA) is 53.7 Å². The van der Waals surface area contributed by atoms with Gasteiger partial charge in [0.15, 0.2) is 0 Å². The first kappa shape index (κ1) is 16.0. The number of hydrogen-bond acceptors (Lipinski definition) is 5. The van der Waals surface area contributed by atoms with Crippen molar-refractivity contribution in [2.45, 2.75) is 25.8 Å². The minimum atomic E-state index is -0.325. The molecule has 4 rings (SSSR count). The standard InChI is InChI=1S/C16H16BrFN4OS/c1-9-19-16-22(20-9)15(23)14(24-16)13(21-6-2-3-7-21)11-5-4-10(17)8-12(11)18/h4-5,8,13,23H,2-3,6-7H2,1H3/t13-/m1/s1. The van der Waals surface area contributed by atoms with Crippen LogP contribution in [0.2, 0.25) is 0 Å². The van der Waals surface area contributed by atoms with Crippen LogP contribution in [-0.2, 0) is 0 Å². The Hall–Kier alpha value is -1.51. The van der Waals surface area contributed by atoms with Crippen molar-refractivity contribution in [2.75, 3.05) is 13.1 Å². The molecule has 1 atom stereocenters. The highest BCUT2D eigenvalue weighted by Gasteiger charge is 2.32. The second-order valence-electron chi connectivity index (χ2n) is 5.95. The highest BCUT2D eigenvalue weighted by Crippen LogP contribution is 2.42. The van der Waals surface area contributed by atoms with E-state index in [1.165, 1.54) is 21.9 Å². The highest BCUT2D eigenvalue weighted by molar-refractivity contribution is 9.10. The molecule has 0 amide bonds. The summed E-state index contributed by atoms with van der Waals surface area (Å²) in [6.07, 6.45) is 2.16. The lowest BCUT2D eigenvalue weighted by molar-refractivity contribution is 0.271. The van der Waals surface area contributed by atoms with Gasteiger partial charge in [-0.1, -0.05) is 33.3 Å². The molecule has 1 aliphatic rings. The average Bonchev–Trinajstić information content (AvgIpc) is 3.22. The van der Waals surface area contributed by atoms with Gasteiger partial charge in [0.1, 0.15) is 11.6 Å². The fourth-order valence-electron chi connectivity index (χ4n) is 3.25. The Kier molecular flexibility index (Phi) is 4.06. The fourth-order valence-corrected chi connectivity index (χ4v) is 4.74. The summed E-state index contributed by atoms with van der Waals surface area (Å²) in [4.78, 5) is 7.85. The van der Waals surface area contributed by atoms with Crippen molar-refractivity contribution in [2.24, 2.45) is 0 Å². The van der Waals surface area contributed by atoms with Gasteiger partial charge in [-0.15, -0.1) is 5.10 Å². The van der Waals surface area contributed by atoms with Crippen LogP contribution in [-0.4, -0.2) is 37.7 Å². The molecule has 3 heterocycles. The van der Waals surface area contributed by atoms with Crippen LogP contribution in [0.15, 0.2) is 22.7 Å². The zero-order valence-electron chi connectivity index (χ0n) is 13.0. The first-order valence-electron chi connectivity index (χ1n) is 7.78. The molecule has 0 aliphatic carbocycles. The van der Waals surface area contributed by atoms with Gasteiger partial charge in [-0.3, -0.25) is 4.90 Å². The molecule has 8 heteroatoms. The predicted octanol–water partition coefficient (Wildman–Crippen LogP) is 3.89. The second kappa shape index (κ2) is 6.09. The molecule has 126 valence electrons. The molecule has 1 fully saturated rings. The van der Waals surface area contributed by atoms with Gasteiger partial charge in [-0.05, 0) is 45.0 Å². The number of halogens is 2. The summed E-state index contributed by atoms with van der Waals surface area (Å²) >= 11 is 4.67. The van der Waals surface area contributed by atoms with Gasteiger partial charge < -0.3 is 5.11 Å². The molecule has 2 aromatic heterocycles. The largest absolute Gasteiger partial charge is 0.492 e. The lowest BCUT2D eigenvalue weighted by atomic mass is 10.0. The molecule has 0 spiro atoms. The lowest BCUT2D eigenvalue weighted by Gasteiger charge is -2.27. The van der Waals surface area contributed by atoms with Crippen molar-refractivity contribution in [3.8, 4) is 5.88 Å². The summed E-state index contributed by atoms with van der Waals surface area (Å²) in [5, 5.41) is 14.9. The first-order chi connectivity index (χ1) is 11.5. The maximum atomic E-state index is 14.6. The number of benzene rings is 1. The van der Waals surface area contributed by atoms with Gasteiger partial charge in [0.05, 0.1) is 10.9 Å². The molecule has 1 aromatic carbocycles. The van der Waals surface area contributed by atoms with Gasteiger partial charge in [0.2, 0.25) is 10.8 Å². The van der Waals surface area contributed by atoms with Crippen molar-refractivity contribution < 1.29 is 9.50 Å². The Bertz CT molecular complexity index is 903. The number of aryl methyl sites for hydroxylation is 1. The molecule has 1 N–H and O–H groups in total. The highest BCUT2D eigenvalue weighted by atomic mass is 79.9. The smallest absolute Gasteiger partial charge is 0.230 e. The first-order valence-corrected chi connectivity index (χ1v) is 9.39. The normalized spacial score (nSPS) is 17.0. The zero-order chi connectivity index (χ0) is 16.8. The number of nitrogens with zero attached hydrogens (tertiary/aromatic N) is 4. The van der Waals surface area contributed by atoms with E-state index in [0.29, 0.717) is 25.7 Å². The van der Waals surface area contributed by atoms with Crippen molar-refractivity contribution in [1.82, 2.24) is 19.5 Å². The van der Waals surface area contributed by atoms with Gasteiger partial charge in [-0.25, -0.2) is 9.37 Å². The van der Waals surface area contributed by atoms with E-state index in [9.17, 15) is 9.50 Å². The second-order valence-corrected chi connectivity index (χ2v) is 7.88. The monoisotopic (exact) mass is 410 g/mol. The van der Waals surface area contributed by atoms with Crippen LogP contribution >= 0.6 is 27.3 Å². The summed E-state index contributed by atoms with van der Waals surface area (Å²) in [7, 11) is 0. The molecule has 24 heavy (non-hydrogen) atoms. The molecule has 0 bridgehead atoms. The summed E-state index contributed by atoms with van der Waals surface area (Å²) < 4.78 is 16.8. The minimum Gasteiger partial charge on any atom is -0.492 e. The Balaban J connectivity index is 1.88. The van der Waals surface area contributed by atoms with Crippen LogP contribution in [0.5, 0.6) is 5.88 Å². The van der Waals surface area contributed by atoms with Crippen LogP contribution in [0.3, 0.4) is 0 Å². The van der Waals surface area contributed by atoms with Gasteiger partial charge in [0, 0.05) is 10.0 Å². The molecule has 5 nitrogen and oxygen atoms in total. The number of aromatic hydroxyl groups is 1. The van der Waals surface area contributed by atoms with E-state index in [1.54, 1.807) is 13.0 Å². The van der Waals surface area contributed by atoms with E-state index in [-0.39, 0.29) is 17.7 Å². The van der Waals surface area contributed by atoms with Crippen LogP contribution in [0.4, 0.5) is 4.39 Å². The minimum absolute atomic E-state index is 0.0508. The van der Waals surface area contributed by atoms with Crippen molar-refractivity contribution in [3.63, 3.8) is 0 Å². The predicted molar refractivity (Wildman–Crippen MR) is 94.0 cm³/mol. The number of likely N-dealkylation sites (tertiary alicyclic amines) is 1. The van der Waals surface area contributed by atoms with Crippen molar-refractivity contribution in [1.29, 1.82) is 0 Å². The van der Waals surface area contributed by atoms with E-state index in [1.807, 2.05) is 6.07 Å². The summed E-state index contributed by atoms with van der Waals surface area (Å²) in [6.45, 7) is 3.55. The Morgan fingerprint density at radius 3 is 2.75 bits per heavy atom. The zero-order valence-corrected chi connectivity index (χ0v) is 15.4. The third-order valence-corrected chi connectivity index (χ3v) is 5.88. The SMILES string of the molecule is Cc1nc2sc([C@@H](c3ccc(Br)cc3F)N3CCCC3)c(O)n2n1. The van der Waals surface area contributed by atoms with Crippen LogP contribution in [0.25, 0.3) is 4.96 Å². The fraction of sp³-hybridized carbons (Fsp3) is 0.375. The third kappa shape index (κ3) is 2.62. The van der Waals surface area contributed by atoms with Gasteiger partial charge in [-0.2, -0.15) is 4.52 Å². The summed E-state index contributed by atoms with van der Waals surface area (Å²) in [5.74, 6) is 0.376. The number of hydrogen-bond donors (Lipinski definition) is 1. The van der Waals surface area contributed by atoms with E-state index in [4.69, 9.17) is 0 Å². The van der Waals surface area contributed by atoms with Crippen molar-refractivity contribution >= 4 is 32.2 Å². The summed E-state index contributed by atoms with van der Waals surface area (Å²) in [5.41, 5.74) is 0.566. The van der Waals surface area contributed by atoms with Gasteiger partial charge >= 0.3 is 0 Å². The quantitative estimate of drug-likeness (QED) is 0.711. The summed E-state index contributed by atoms with van der Waals surface area (Å²) in [6, 6.07) is 4.76. The number of fused-ring (bicyclic) bond motifs is 1.